The van der Waals surface area contributed by atoms with Crippen molar-refractivity contribution >= 4 is 39.0 Å². The molecule has 0 unspecified atom stereocenters. The highest BCUT2D eigenvalue weighted by Crippen LogP contribution is 2.36. The molecule has 0 atom stereocenters. The van der Waals surface area contributed by atoms with Gasteiger partial charge >= 0.3 is 0 Å². The second-order valence-corrected chi connectivity index (χ2v) is 11.7. The quantitative estimate of drug-likeness (QED) is 0.321. The smallest absolute Gasteiger partial charge is 0.256 e. The molecule has 0 bridgehead atoms. The number of aromatic amines is 1. The highest BCUT2D eigenvalue weighted by atomic mass is 32.2. The van der Waals surface area contributed by atoms with Crippen LogP contribution in [0.1, 0.15) is 57.8 Å². The molecule has 1 aromatic heterocycles. The Labute approximate surface area is 234 Å². The number of hydrogen-bond donors (Lipinski definition) is 3. The molecule has 2 aromatic carbocycles. The van der Waals surface area contributed by atoms with Crippen LogP contribution >= 0.6 is 0 Å². The molecule has 1 aliphatic heterocycles. The maximum absolute atomic E-state index is 13.2. The van der Waals surface area contributed by atoms with Gasteiger partial charge in [-0.2, -0.15) is 5.26 Å². The van der Waals surface area contributed by atoms with Crippen LogP contribution in [0.2, 0.25) is 0 Å². The molecule has 0 saturated heterocycles. The van der Waals surface area contributed by atoms with E-state index < -0.39 is 9.84 Å². The second-order valence-electron chi connectivity index (χ2n) is 9.74. The Balaban J connectivity index is 1.61. The first-order valence-corrected chi connectivity index (χ1v) is 14.8. The third-order valence-corrected chi connectivity index (χ3v) is 8.83. The van der Waals surface area contributed by atoms with E-state index in [1.54, 1.807) is 36.4 Å². The Morgan fingerprint density at radius 3 is 2.58 bits per heavy atom. The molecular formula is C30H33N5O4S. The molecular weight excluding hydrogens is 526 g/mol. The number of aromatic nitrogens is 1. The lowest BCUT2D eigenvalue weighted by molar-refractivity contribution is -0.110. The van der Waals surface area contributed by atoms with Crippen LogP contribution in [0.15, 0.2) is 47.4 Å². The van der Waals surface area contributed by atoms with Gasteiger partial charge in [-0.25, -0.2) is 8.42 Å². The van der Waals surface area contributed by atoms with E-state index in [0.717, 1.165) is 19.6 Å². The number of likely N-dealkylation sites (N-methyl/N-ethyl adjacent to an activating group) is 1. The number of H-pyrrole nitrogens is 1. The fourth-order valence-electron chi connectivity index (χ4n) is 4.90. The van der Waals surface area contributed by atoms with Gasteiger partial charge in [0.2, 0.25) is 0 Å². The summed E-state index contributed by atoms with van der Waals surface area (Å²) in [6.07, 6.45) is 1.66. The van der Waals surface area contributed by atoms with Crippen LogP contribution in [0.25, 0.3) is 11.6 Å². The minimum atomic E-state index is -3.75. The number of aryl methyl sites for hydroxylation is 1. The summed E-state index contributed by atoms with van der Waals surface area (Å²) in [6.45, 7) is 10.9. The summed E-state index contributed by atoms with van der Waals surface area (Å²) < 4.78 is 26.5. The Hall–Kier alpha value is -4.20. The molecule has 0 saturated carbocycles. The Kier molecular flexibility index (Phi) is 8.57. The standard InChI is InChI=1S/C30H33N5O4S/c1-5-35(6-2)13-12-32-30(37)28-19(3)27(33-20(28)4)16-25-24-15-23(10-11-26(24)34-29(25)36)40(38,39)18-22-9-7-8-21(14-22)17-31/h7-11,14-16,33H,5-6,12-13,18H2,1-4H3,(H,32,37)(H,34,36)/b25-16-. The monoisotopic (exact) mass is 559 g/mol. The normalized spacial score (nSPS) is 13.8. The lowest BCUT2D eigenvalue weighted by atomic mass is 10.0. The number of anilines is 1. The number of nitrogens with one attached hydrogen (secondary N) is 3. The van der Waals surface area contributed by atoms with Crippen LogP contribution in [-0.4, -0.2) is 56.3 Å². The molecule has 40 heavy (non-hydrogen) atoms. The highest BCUT2D eigenvalue weighted by molar-refractivity contribution is 7.90. The van der Waals surface area contributed by atoms with Gasteiger partial charge in [-0.15, -0.1) is 0 Å². The summed E-state index contributed by atoms with van der Waals surface area (Å²) in [7, 11) is -3.75. The summed E-state index contributed by atoms with van der Waals surface area (Å²) in [5.74, 6) is -0.819. The molecule has 0 spiro atoms. The number of sulfone groups is 1. The molecule has 3 N–H and O–H groups in total. The van der Waals surface area contributed by atoms with E-state index in [4.69, 9.17) is 5.26 Å². The first-order valence-electron chi connectivity index (χ1n) is 13.2. The van der Waals surface area contributed by atoms with Crippen molar-refractivity contribution in [3.05, 3.63) is 81.7 Å². The first kappa shape index (κ1) is 28.8. The average Bonchev–Trinajstić information content (AvgIpc) is 3.39. The fraction of sp³-hybridized carbons (Fsp3) is 0.300. The van der Waals surface area contributed by atoms with E-state index >= 15 is 0 Å². The van der Waals surface area contributed by atoms with Crippen LogP contribution in [-0.2, 0) is 20.4 Å². The number of nitrogens with zero attached hydrogens (tertiary/aromatic N) is 2. The molecule has 2 heterocycles. The van der Waals surface area contributed by atoms with E-state index in [1.807, 2.05) is 19.9 Å². The summed E-state index contributed by atoms with van der Waals surface area (Å²) in [4.78, 5) is 31.4. The predicted octanol–water partition coefficient (Wildman–Crippen LogP) is 4.04. The minimum Gasteiger partial charge on any atom is -0.358 e. The molecule has 3 aromatic rings. The molecule has 4 rings (SSSR count). The van der Waals surface area contributed by atoms with Crippen molar-refractivity contribution in [3.63, 3.8) is 0 Å². The van der Waals surface area contributed by atoms with Crippen molar-refractivity contribution in [3.8, 4) is 6.07 Å². The van der Waals surface area contributed by atoms with E-state index in [0.29, 0.717) is 57.0 Å². The second kappa shape index (κ2) is 11.9. The van der Waals surface area contributed by atoms with Crippen LogP contribution in [0.5, 0.6) is 0 Å². The molecule has 10 heteroatoms. The van der Waals surface area contributed by atoms with Gasteiger partial charge in [0.15, 0.2) is 9.84 Å². The minimum absolute atomic E-state index is 0.0728. The molecule has 0 aliphatic carbocycles. The van der Waals surface area contributed by atoms with Gasteiger partial charge in [0.05, 0.1) is 33.4 Å². The van der Waals surface area contributed by atoms with Crippen molar-refractivity contribution in [1.82, 2.24) is 15.2 Å². The summed E-state index contributed by atoms with van der Waals surface area (Å²) >= 11 is 0. The summed E-state index contributed by atoms with van der Waals surface area (Å²) in [5.41, 5.74) is 4.68. The maximum atomic E-state index is 13.2. The highest BCUT2D eigenvalue weighted by Gasteiger charge is 2.28. The van der Waals surface area contributed by atoms with Gasteiger partial charge in [0, 0.05) is 35.7 Å². The number of hydrogen-bond acceptors (Lipinski definition) is 6. The van der Waals surface area contributed by atoms with Crippen LogP contribution in [0.4, 0.5) is 5.69 Å². The zero-order valence-electron chi connectivity index (χ0n) is 23.1. The SMILES string of the molecule is CCN(CC)CCNC(=O)c1c(C)[nH]c(/C=C2\C(=O)Nc3ccc(S(=O)(=O)Cc4cccc(C#N)c4)cc32)c1C. The van der Waals surface area contributed by atoms with Crippen molar-refractivity contribution in [2.45, 2.75) is 38.3 Å². The Morgan fingerprint density at radius 1 is 1.12 bits per heavy atom. The van der Waals surface area contributed by atoms with E-state index in [9.17, 15) is 18.0 Å². The molecule has 9 nitrogen and oxygen atoms in total. The van der Waals surface area contributed by atoms with Gasteiger partial charge in [-0.1, -0.05) is 26.0 Å². The van der Waals surface area contributed by atoms with E-state index in [1.165, 1.54) is 12.1 Å². The Bertz CT molecular complexity index is 1640. The topological polar surface area (TPSA) is 135 Å². The first-order chi connectivity index (χ1) is 19.1. The van der Waals surface area contributed by atoms with Gasteiger partial charge in [0.1, 0.15) is 0 Å². The van der Waals surface area contributed by atoms with E-state index in [-0.39, 0.29) is 22.5 Å². The van der Waals surface area contributed by atoms with Gasteiger partial charge in [-0.3, -0.25) is 9.59 Å². The van der Waals surface area contributed by atoms with Gasteiger partial charge in [0.25, 0.3) is 11.8 Å². The van der Waals surface area contributed by atoms with E-state index in [2.05, 4.69) is 34.4 Å². The summed E-state index contributed by atoms with van der Waals surface area (Å²) in [5, 5.41) is 14.9. The number of carbonyl (C=O) groups is 2. The largest absolute Gasteiger partial charge is 0.358 e. The van der Waals surface area contributed by atoms with Crippen LogP contribution in [0.3, 0.4) is 0 Å². The van der Waals surface area contributed by atoms with Crippen molar-refractivity contribution in [2.75, 3.05) is 31.5 Å². The van der Waals surface area contributed by atoms with Crippen molar-refractivity contribution < 1.29 is 18.0 Å². The molecule has 208 valence electrons. The molecule has 2 amide bonds. The molecule has 0 fully saturated rings. The number of amides is 2. The number of nitriles is 1. The Morgan fingerprint density at radius 2 is 1.88 bits per heavy atom. The average molecular weight is 560 g/mol. The van der Waals surface area contributed by atoms with Gasteiger partial charge in [-0.05, 0) is 74.5 Å². The van der Waals surface area contributed by atoms with Crippen molar-refractivity contribution in [1.29, 1.82) is 5.26 Å². The predicted molar refractivity (Wildman–Crippen MR) is 155 cm³/mol. The van der Waals surface area contributed by atoms with Gasteiger partial charge < -0.3 is 20.5 Å². The summed E-state index contributed by atoms with van der Waals surface area (Å²) in [6, 6.07) is 13.0. The fourth-order valence-corrected chi connectivity index (χ4v) is 6.25. The van der Waals surface area contributed by atoms with Crippen LogP contribution < -0.4 is 10.6 Å². The zero-order chi connectivity index (χ0) is 29.0. The maximum Gasteiger partial charge on any atom is 0.256 e. The number of fused-ring (bicyclic) bond motifs is 1. The molecule has 1 aliphatic rings. The lowest BCUT2D eigenvalue weighted by Crippen LogP contribution is -2.35. The van der Waals surface area contributed by atoms with Crippen molar-refractivity contribution in [2.24, 2.45) is 0 Å². The molecule has 0 radical (unpaired) electrons. The third-order valence-electron chi connectivity index (χ3n) is 7.15. The van der Waals surface area contributed by atoms with Crippen LogP contribution in [0, 0.1) is 25.2 Å². The lowest BCUT2D eigenvalue weighted by Gasteiger charge is -2.18. The zero-order valence-corrected chi connectivity index (χ0v) is 23.9. The number of benzene rings is 2. The number of carbonyl (C=O) groups excluding carboxylic acids is 2. The third kappa shape index (κ3) is 6.01. The number of rotatable bonds is 10.